The zero-order chi connectivity index (χ0) is 13.6. The van der Waals surface area contributed by atoms with Crippen LogP contribution in [-0.4, -0.2) is 24.1 Å². The molecular formula is C11H10F3N5. The molecule has 5 nitrogen and oxygen atoms in total. The summed E-state index contributed by atoms with van der Waals surface area (Å²) >= 11 is 0. The largest absolute Gasteiger partial charge is 0.468 e. The summed E-state index contributed by atoms with van der Waals surface area (Å²) in [7, 11) is 1.83. The van der Waals surface area contributed by atoms with Crippen molar-refractivity contribution < 1.29 is 13.2 Å². The van der Waals surface area contributed by atoms with Gasteiger partial charge in [0.15, 0.2) is 5.84 Å². The minimum Gasteiger partial charge on any atom is -0.318 e. The van der Waals surface area contributed by atoms with Crippen LogP contribution in [0.25, 0.3) is 0 Å². The monoisotopic (exact) mass is 269 g/mol. The van der Waals surface area contributed by atoms with Crippen molar-refractivity contribution in [3.05, 3.63) is 29.1 Å². The molecule has 0 aromatic heterocycles. The fourth-order valence-electron chi connectivity index (χ4n) is 2.10. The number of halogens is 3. The molecule has 0 aliphatic carbocycles. The molecule has 0 saturated heterocycles. The Morgan fingerprint density at radius 3 is 2.89 bits per heavy atom. The highest BCUT2D eigenvalue weighted by Crippen LogP contribution is 2.29. The van der Waals surface area contributed by atoms with E-state index >= 15 is 0 Å². The number of azo groups is 1. The van der Waals surface area contributed by atoms with Crippen molar-refractivity contribution in [3.8, 4) is 0 Å². The third-order valence-electron chi connectivity index (χ3n) is 2.89. The lowest BCUT2D eigenvalue weighted by atomic mass is 10.1. The molecule has 1 N–H and O–H groups in total. The molecule has 0 saturated carbocycles. The van der Waals surface area contributed by atoms with E-state index in [0.29, 0.717) is 12.2 Å². The van der Waals surface area contributed by atoms with Gasteiger partial charge >= 0.3 is 6.17 Å². The minimum atomic E-state index is -3.51. The van der Waals surface area contributed by atoms with Crippen LogP contribution in [0.4, 0.5) is 18.9 Å². The minimum absolute atomic E-state index is 0.0953. The normalized spacial score (nSPS) is 20.3. The predicted molar refractivity (Wildman–Crippen MR) is 62.4 cm³/mol. The Morgan fingerprint density at radius 2 is 2.21 bits per heavy atom. The van der Waals surface area contributed by atoms with Crippen LogP contribution >= 0.6 is 0 Å². The number of fused-ring (bicyclic) bond motifs is 1. The molecular weight excluding hydrogens is 259 g/mol. The molecule has 100 valence electrons. The lowest BCUT2D eigenvalue weighted by Gasteiger charge is -2.06. The molecule has 0 bridgehead atoms. The SMILES string of the molecule is CN1Cc2cc(CC3=NC(F)(F)N=N3)c(F)cc2N1. The van der Waals surface area contributed by atoms with Gasteiger partial charge in [-0.05, 0) is 23.3 Å². The van der Waals surface area contributed by atoms with Gasteiger partial charge < -0.3 is 5.43 Å². The standard InChI is InChI=1S/C11H10F3N5/c1-19-5-7-2-6(8(12)4-9(7)17-19)3-10-15-11(13,14)18-16-10/h2,4,17H,3,5H2,1H3. The maximum absolute atomic E-state index is 13.8. The lowest BCUT2D eigenvalue weighted by molar-refractivity contribution is 0.0204. The van der Waals surface area contributed by atoms with Gasteiger partial charge in [-0.2, -0.15) is 13.8 Å². The van der Waals surface area contributed by atoms with Gasteiger partial charge in [-0.25, -0.2) is 9.40 Å². The summed E-state index contributed by atoms with van der Waals surface area (Å²) in [6.07, 6.45) is -3.60. The molecule has 0 unspecified atom stereocenters. The van der Waals surface area contributed by atoms with E-state index in [2.05, 4.69) is 20.6 Å². The van der Waals surface area contributed by atoms with Crippen LogP contribution < -0.4 is 5.43 Å². The first-order chi connectivity index (χ1) is 8.93. The second-order valence-electron chi connectivity index (χ2n) is 4.48. The summed E-state index contributed by atoms with van der Waals surface area (Å²) in [5.74, 6) is -0.641. The van der Waals surface area contributed by atoms with Gasteiger partial charge in [-0.1, -0.05) is 5.11 Å². The number of rotatable bonds is 2. The van der Waals surface area contributed by atoms with Crippen molar-refractivity contribution in [1.82, 2.24) is 5.01 Å². The first-order valence-corrected chi connectivity index (χ1v) is 5.61. The maximum Gasteiger partial charge on any atom is 0.468 e. The molecule has 0 fully saturated rings. The molecule has 0 radical (unpaired) electrons. The fraction of sp³-hybridized carbons (Fsp3) is 0.364. The van der Waals surface area contributed by atoms with Crippen LogP contribution in [0.5, 0.6) is 0 Å². The topological polar surface area (TPSA) is 52.4 Å². The summed E-state index contributed by atoms with van der Waals surface area (Å²) in [4.78, 5) is 3.02. The number of hydrogen-bond donors (Lipinski definition) is 1. The van der Waals surface area contributed by atoms with Gasteiger partial charge in [-0.3, -0.25) is 0 Å². The highest BCUT2D eigenvalue weighted by molar-refractivity contribution is 5.86. The van der Waals surface area contributed by atoms with E-state index in [4.69, 9.17) is 0 Å². The van der Waals surface area contributed by atoms with Gasteiger partial charge in [0.1, 0.15) is 5.82 Å². The Labute approximate surface area is 106 Å². The van der Waals surface area contributed by atoms with Gasteiger partial charge in [0.2, 0.25) is 0 Å². The molecule has 2 aliphatic heterocycles. The Balaban J connectivity index is 1.87. The van der Waals surface area contributed by atoms with Crippen molar-refractivity contribution in [2.24, 2.45) is 15.2 Å². The van der Waals surface area contributed by atoms with E-state index < -0.39 is 12.0 Å². The Morgan fingerprint density at radius 1 is 1.42 bits per heavy atom. The number of anilines is 1. The molecule has 1 aromatic carbocycles. The summed E-state index contributed by atoms with van der Waals surface area (Å²) in [5.41, 5.74) is 4.85. The van der Waals surface area contributed by atoms with E-state index in [9.17, 15) is 13.2 Å². The third kappa shape index (κ3) is 2.30. The third-order valence-corrected chi connectivity index (χ3v) is 2.89. The summed E-state index contributed by atoms with van der Waals surface area (Å²) in [6.45, 7) is 0.618. The molecule has 19 heavy (non-hydrogen) atoms. The first-order valence-electron chi connectivity index (χ1n) is 5.61. The number of hydrogen-bond acceptors (Lipinski definition) is 5. The number of amidine groups is 1. The van der Waals surface area contributed by atoms with Crippen LogP contribution in [0.2, 0.25) is 0 Å². The molecule has 0 spiro atoms. The van der Waals surface area contributed by atoms with Crippen LogP contribution in [0.1, 0.15) is 11.1 Å². The number of benzene rings is 1. The average molecular weight is 269 g/mol. The van der Waals surface area contributed by atoms with Crippen molar-refractivity contribution >= 4 is 11.5 Å². The fourth-order valence-corrected chi connectivity index (χ4v) is 2.10. The molecule has 0 atom stereocenters. The number of nitrogens with zero attached hydrogens (tertiary/aromatic N) is 4. The number of alkyl halides is 2. The highest BCUT2D eigenvalue weighted by atomic mass is 19.3. The van der Waals surface area contributed by atoms with Crippen LogP contribution in [0, 0.1) is 5.82 Å². The summed E-state index contributed by atoms with van der Waals surface area (Å²) < 4.78 is 39.3. The lowest BCUT2D eigenvalue weighted by Crippen LogP contribution is -2.16. The van der Waals surface area contributed by atoms with Gasteiger partial charge in [0.25, 0.3) is 0 Å². The Bertz CT molecular complexity index is 596. The van der Waals surface area contributed by atoms with Crippen molar-refractivity contribution in [2.45, 2.75) is 19.1 Å². The molecule has 2 heterocycles. The van der Waals surface area contributed by atoms with Crippen LogP contribution in [-0.2, 0) is 13.0 Å². The second kappa shape index (κ2) is 4.02. The molecule has 8 heteroatoms. The first kappa shape index (κ1) is 12.1. The smallest absolute Gasteiger partial charge is 0.318 e. The van der Waals surface area contributed by atoms with E-state index in [1.165, 1.54) is 6.07 Å². The van der Waals surface area contributed by atoms with E-state index in [1.54, 1.807) is 11.1 Å². The second-order valence-corrected chi connectivity index (χ2v) is 4.48. The van der Waals surface area contributed by atoms with Gasteiger partial charge in [-0.15, -0.1) is 5.11 Å². The van der Waals surface area contributed by atoms with Gasteiger partial charge in [0, 0.05) is 20.0 Å². The summed E-state index contributed by atoms with van der Waals surface area (Å²) in [5, 5.41) is 7.77. The zero-order valence-corrected chi connectivity index (χ0v) is 9.99. The summed E-state index contributed by atoms with van der Waals surface area (Å²) in [6, 6.07) is 2.98. The predicted octanol–water partition coefficient (Wildman–Crippen LogP) is 2.56. The number of aliphatic imine (C=N–C) groups is 1. The average Bonchev–Trinajstić information content (AvgIpc) is 2.81. The van der Waals surface area contributed by atoms with Gasteiger partial charge in [0.05, 0.1) is 5.69 Å². The molecule has 3 rings (SSSR count). The van der Waals surface area contributed by atoms with Crippen molar-refractivity contribution in [1.29, 1.82) is 0 Å². The quantitative estimate of drug-likeness (QED) is 0.839. The number of hydrazine groups is 1. The molecule has 2 aliphatic rings. The zero-order valence-electron chi connectivity index (χ0n) is 9.99. The van der Waals surface area contributed by atoms with Crippen molar-refractivity contribution in [3.63, 3.8) is 0 Å². The van der Waals surface area contributed by atoms with Crippen molar-refractivity contribution in [2.75, 3.05) is 12.5 Å². The molecule has 1 aromatic rings. The Hall–Kier alpha value is -1.96. The highest BCUT2D eigenvalue weighted by Gasteiger charge is 2.33. The molecule has 0 amide bonds. The van der Waals surface area contributed by atoms with E-state index in [-0.39, 0.29) is 17.8 Å². The maximum atomic E-state index is 13.8. The van der Waals surface area contributed by atoms with Crippen LogP contribution in [0.3, 0.4) is 0 Å². The van der Waals surface area contributed by atoms with E-state index in [1.807, 2.05) is 7.05 Å². The van der Waals surface area contributed by atoms with E-state index in [0.717, 1.165) is 5.56 Å². The van der Waals surface area contributed by atoms with Crippen LogP contribution in [0.15, 0.2) is 27.4 Å². The Kier molecular flexibility index (Phi) is 2.56. The number of nitrogens with one attached hydrogen (secondary N) is 1.